The minimum Gasteiger partial charge on any atom is -0.330 e. The lowest BCUT2D eigenvalue weighted by Gasteiger charge is -2.24. The Morgan fingerprint density at radius 2 is 1.92 bits per heavy atom. The predicted octanol–water partition coefficient (Wildman–Crippen LogP) is 0.219. The fraction of sp³-hybridized carbons (Fsp3) is 1.00. The van der Waals surface area contributed by atoms with Gasteiger partial charge in [0.25, 0.3) is 0 Å². The van der Waals surface area contributed by atoms with Crippen LogP contribution in [0.5, 0.6) is 0 Å². The van der Waals surface area contributed by atoms with Crippen molar-refractivity contribution in [1.29, 1.82) is 0 Å². The third-order valence-electron chi connectivity index (χ3n) is 2.67. The van der Waals surface area contributed by atoms with Crippen LogP contribution in [0, 0.1) is 5.92 Å². The van der Waals surface area contributed by atoms with Crippen LogP contribution >= 0.6 is 0 Å². The van der Waals surface area contributed by atoms with Gasteiger partial charge in [-0.3, -0.25) is 0 Å². The Labute approximate surface area is 81.9 Å². The zero-order valence-electron chi connectivity index (χ0n) is 9.00. The molecule has 0 aromatic rings. The van der Waals surface area contributed by atoms with E-state index in [0.29, 0.717) is 5.92 Å². The van der Waals surface area contributed by atoms with Crippen molar-refractivity contribution < 1.29 is 0 Å². The molecule has 1 unspecified atom stereocenters. The van der Waals surface area contributed by atoms with Crippen LogP contribution in [0.3, 0.4) is 0 Å². The van der Waals surface area contributed by atoms with Crippen molar-refractivity contribution in [1.82, 2.24) is 9.80 Å². The molecule has 1 aliphatic heterocycles. The molecule has 1 aliphatic rings. The summed E-state index contributed by atoms with van der Waals surface area (Å²) in [7, 11) is 4.24. The number of nitrogens with zero attached hydrogens (tertiary/aromatic N) is 2. The van der Waals surface area contributed by atoms with Gasteiger partial charge < -0.3 is 15.5 Å². The van der Waals surface area contributed by atoms with Crippen LogP contribution in [0.25, 0.3) is 0 Å². The lowest BCUT2D eigenvalue weighted by Crippen LogP contribution is -2.36. The highest BCUT2D eigenvalue weighted by atomic mass is 15.1. The van der Waals surface area contributed by atoms with Gasteiger partial charge in [-0.2, -0.15) is 0 Å². The Morgan fingerprint density at radius 1 is 1.31 bits per heavy atom. The van der Waals surface area contributed by atoms with Gasteiger partial charge in [0, 0.05) is 13.1 Å². The third kappa shape index (κ3) is 4.07. The molecule has 3 heteroatoms. The predicted molar refractivity (Wildman–Crippen MR) is 56.8 cm³/mol. The molecule has 1 atom stereocenters. The molecule has 2 N–H and O–H groups in total. The maximum Gasteiger partial charge on any atom is 0.00340 e. The van der Waals surface area contributed by atoms with E-state index in [2.05, 4.69) is 23.9 Å². The van der Waals surface area contributed by atoms with Crippen LogP contribution in [0.4, 0.5) is 0 Å². The van der Waals surface area contributed by atoms with Crippen LogP contribution in [0.2, 0.25) is 0 Å². The first-order valence-electron chi connectivity index (χ1n) is 5.29. The van der Waals surface area contributed by atoms with Gasteiger partial charge in [0.1, 0.15) is 0 Å². The number of nitrogens with two attached hydrogens (primary N) is 1. The standard InChI is InChI=1S/C10H23N3/c1-12(2)8-10(7-11)9-13-5-3-4-6-13/h10H,3-9,11H2,1-2H3. The van der Waals surface area contributed by atoms with Crippen molar-refractivity contribution in [3.05, 3.63) is 0 Å². The molecule has 0 amide bonds. The average Bonchev–Trinajstić information content (AvgIpc) is 2.55. The Morgan fingerprint density at radius 3 is 2.38 bits per heavy atom. The van der Waals surface area contributed by atoms with Crippen molar-refractivity contribution >= 4 is 0 Å². The minimum absolute atomic E-state index is 0.646. The lowest BCUT2D eigenvalue weighted by molar-refractivity contribution is 0.237. The van der Waals surface area contributed by atoms with E-state index in [1.807, 2.05) is 0 Å². The van der Waals surface area contributed by atoms with Gasteiger partial charge >= 0.3 is 0 Å². The largest absolute Gasteiger partial charge is 0.330 e. The second-order valence-electron chi connectivity index (χ2n) is 4.37. The smallest absolute Gasteiger partial charge is 0.00340 e. The molecule has 0 spiro atoms. The topological polar surface area (TPSA) is 32.5 Å². The SMILES string of the molecule is CN(C)CC(CN)CN1CCCC1. The number of hydrogen-bond donors (Lipinski definition) is 1. The fourth-order valence-corrected chi connectivity index (χ4v) is 2.05. The van der Waals surface area contributed by atoms with Gasteiger partial charge in [0.05, 0.1) is 0 Å². The molecule has 0 aromatic carbocycles. The van der Waals surface area contributed by atoms with Crippen LogP contribution in [0.15, 0.2) is 0 Å². The first kappa shape index (κ1) is 11.0. The first-order valence-corrected chi connectivity index (χ1v) is 5.29. The van der Waals surface area contributed by atoms with E-state index >= 15 is 0 Å². The minimum atomic E-state index is 0.646. The van der Waals surface area contributed by atoms with E-state index in [0.717, 1.165) is 13.1 Å². The van der Waals surface area contributed by atoms with Crippen LogP contribution in [-0.4, -0.2) is 56.6 Å². The first-order chi connectivity index (χ1) is 6.22. The molecule has 0 radical (unpaired) electrons. The Balaban J connectivity index is 2.21. The Hall–Kier alpha value is -0.120. The van der Waals surface area contributed by atoms with E-state index in [1.54, 1.807) is 0 Å². The summed E-state index contributed by atoms with van der Waals surface area (Å²) in [6.45, 7) is 5.68. The lowest BCUT2D eigenvalue weighted by atomic mass is 10.1. The maximum atomic E-state index is 5.75. The fourth-order valence-electron chi connectivity index (χ4n) is 2.05. The second-order valence-corrected chi connectivity index (χ2v) is 4.37. The molecule has 0 saturated carbocycles. The summed E-state index contributed by atoms with van der Waals surface area (Å²) < 4.78 is 0. The molecule has 13 heavy (non-hydrogen) atoms. The van der Waals surface area contributed by atoms with Crippen molar-refractivity contribution in [2.45, 2.75) is 12.8 Å². The molecular weight excluding hydrogens is 162 g/mol. The molecule has 3 nitrogen and oxygen atoms in total. The molecule has 0 aliphatic carbocycles. The summed E-state index contributed by atoms with van der Waals surface area (Å²) >= 11 is 0. The molecule has 0 aromatic heterocycles. The summed E-state index contributed by atoms with van der Waals surface area (Å²) in [6.07, 6.45) is 2.75. The van der Waals surface area contributed by atoms with Crippen molar-refractivity contribution in [2.24, 2.45) is 11.7 Å². The molecule has 1 heterocycles. The second kappa shape index (κ2) is 5.58. The summed E-state index contributed by atoms with van der Waals surface area (Å²) in [5, 5.41) is 0. The summed E-state index contributed by atoms with van der Waals surface area (Å²) in [5.41, 5.74) is 5.75. The molecule has 1 fully saturated rings. The monoisotopic (exact) mass is 185 g/mol. The molecule has 1 rings (SSSR count). The zero-order valence-corrected chi connectivity index (χ0v) is 9.00. The highest BCUT2D eigenvalue weighted by Gasteiger charge is 2.16. The van der Waals surface area contributed by atoms with Gasteiger partial charge in [-0.05, 0) is 52.5 Å². The maximum absolute atomic E-state index is 5.75. The number of hydrogen-bond acceptors (Lipinski definition) is 3. The van der Waals surface area contributed by atoms with E-state index in [9.17, 15) is 0 Å². The van der Waals surface area contributed by atoms with Crippen molar-refractivity contribution in [3.8, 4) is 0 Å². The quantitative estimate of drug-likeness (QED) is 0.665. The van der Waals surface area contributed by atoms with Crippen LogP contribution in [0.1, 0.15) is 12.8 Å². The van der Waals surface area contributed by atoms with Gasteiger partial charge in [-0.15, -0.1) is 0 Å². The van der Waals surface area contributed by atoms with Gasteiger partial charge in [0.15, 0.2) is 0 Å². The van der Waals surface area contributed by atoms with Crippen LogP contribution < -0.4 is 5.73 Å². The van der Waals surface area contributed by atoms with Gasteiger partial charge in [-0.1, -0.05) is 0 Å². The number of rotatable bonds is 5. The van der Waals surface area contributed by atoms with E-state index in [1.165, 1.54) is 32.5 Å². The summed E-state index contributed by atoms with van der Waals surface area (Å²) in [6, 6.07) is 0. The summed E-state index contributed by atoms with van der Waals surface area (Å²) in [5.74, 6) is 0.646. The van der Waals surface area contributed by atoms with Crippen molar-refractivity contribution in [3.63, 3.8) is 0 Å². The highest BCUT2D eigenvalue weighted by Crippen LogP contribution is 2.10. The third-order valence-corrected chi connectivity index (χ3v) is 2.67. The molecular formula is C10H23N3. The van der Waals surface area contributed by atoms with E-state index < -0.39 is 0 Å². The molecule has 0 bridgehead atoms. The van der Waals surface area contributed by atoms with Gasteiger partial charge in [-0.25, -0.2) is 0 Å². The Kier molecular flexibility index (Phi) is 4.70. The average molecular weight is 185 g/mol. The molecule has 1 saturated heterocycles. The number of likely N-dealkylation sites (tertiary alicyclic amines) is 1. The van der Waals surface area contributed by atoms with Crippen molar-refractivity contribution in [2.75, 3.05) is 46.8 Å². The molecule has 78 valence electrons. The highest BCUT2D eigenvalue weighted by molar-refractivity contribution is 4.72. The van der Waals surface area contributed by atoms with Gasteiger partial charge in [0.2, 0.25) is 0 Å². The van der Waals surface area contributed by atoms with E-state index in [4.69, 9.17) is 5.73 Å². The van der Waals surface area contributed by atoms with Crippen LogP contribution in [-0.2, 0) is 0 Å². The zero-order chi connectivity index (χ0) is 9.68. The normalized spacial score (nSPS) is 21.2. The Bertz CT molecular complexity index is 130. The van der Waals surface area contributed by atoms with E-state index in [-0.39, 0.29) is 0 Å². The summed E-state index contributed by atoms with van der Waals surface area (Å²) in [4.78, 5) is 4.77.